The molecule has 2 aromatic carbocycles. The van der Waals surface area contributed by atoms with Crippen molar-refractivity contribution in [2.75, 3.05) is 6.54 Å². The van der Waals surface area contributed by atoms with Crippen molar-refractivity contribution in [3.05, 3.63) is 95.3 Å². The molecule has 148 valence electrons. The number of sulfonamides is 1. The number of aromatic nitrogens is 1. The molecule has 0 aliphatic carbocycles. The molecule has 0 saturated heterocycles. The lowest BCUT2D eigenvalue weighted by Gasteiger charge is -2.28. The maximum absolute atomic E-state index is 13.1. The Kier molecular flexibility index (Phi) is 5.42. The lowest BCUT2D eigenvalue weighted by Crippen LogP contribution is -2.36. The first kappa shape index (κ1) is 19.3. The number of benzene rings is 2. The van der Waals surface area contributed by atoms with Crippen molar-refractivity contribution in [3.8, 4) is 0 Å². The second kappa shape index (κ2) is 8.14. The van der Waals surface area contributed by atoms with E-state index < -0.39 is 10.0 Å². The molecular weight excluding hydrogens is 386 g/mol. The van der Waals surface area contributed by atoms with Crippen LogP contribution in [0.15, 0.2) is 78.0 Å². The molecule has 29 heavy (non-hydrogen) atoms. The summed E-state index contributed by atoms with van der Waals surface area (Å²) in [5.41, 5.74) is 3.39. The van der Waals surface area contributed by atoms with Gasteiger partial charge in [-0.15, -0.1) is 0 Å². The van der Waals surface area contributed by atoms with Crippen molar-refractivity contribution in [1.82, 2.24) is 14.6 Å². The predicted molar refractivity (Wildman–Crippen MR) is 110 cm³/mol. The van der Waals surface area contributed by atoms with Gasteiger partial charge < -0.3 is 5.32 Å². The topological polar surface area (TPSA) is 79.4 Å². The normalized spacial score (nSPS) is 14.2. The first-order valence-corrected chi connectivity index (χ1v) is 10.8. The van der Waals surface area contributed by atoms with Crippen molar-refractivity contribution in [2.24, 2.45) is 0 Å². The summed E-state index contributed by atoms with van der Waals surface area (Å²) in [7, 11) is -3.68. The van der Waals surface area contributed by atoms with Gasteiger partial charge in [-0.05, 0) is 47.4 Å². The molecule has 1 aliphatic heterocycles. The van der Waals surface area contributed by atoms with Gasteiger partial charge in [-0.2, -0.15) is 4.31 Å². The van der Waals surface area contributed by atoms with Crippen LogP contribution in [0.1, 0.15) is 27.0 Å². The summed E-state index contributed by atoms with van der Waals surface area (Å²) in [6.07, 6.45) is 4.02. The minimum absolute atomic E-state index is 0.130. The van der Waals surface area contributed by atoms with Gasteiger partial charge in [-0.1, -0.05) is 36.4 Å². The van der Waals surface area contributed by atoms with Crippen LogP contribution >= 0.6 is 0 Å². The highest BCUT2D eigenvalue weighted by Gasteiger charge is 2.28. The number of hydrogen-bond donors (Lipinski definition) is 1. The molecule has 6 nitrogen and oxygen atoms in total. The van der Waals surface area contributed by atoms with Crippen molar-refractivity contribution in [3.63, 3.8) is 0 Å². The number of carbonyl (C=O) groups is 1. The smallest absolute Gasteiger partial charge is 0.251 e. The predicted octanol–water partition coefficient (Wildman–Crippen LogP) is 2.76. The molecule has 0 bridgehead atoms. The largest absolute Gasteiger partial charge is 0.348 e. The number of carbonyl (C=O) groups excluding carboxylic acids is 1. The maximum atomic E-state index is 13.1. The number of amides is 1. The van der Waals surface area contributed by atoms with Gasteiger partial charge in [0.05, 0.1) is 4.90 Å². The fraction of sp³-hybridized carbons (Fsp3) is 0.182. The Hall–Kier alpha value is -3.03. The number of hydrogen-bond acceptors (Lipinski definition) is 4. The van der Waals surface area contributed by atoms with Crippen LogP contribution in [-0.4, -0.2) is 30.2 Å². The van der Waals surface area contributed by atoms with E-state index in [2.05, 4.69) is 10.3 Å². The van der Waals surface area contributed by atoms with Crippen molar-refractivity contribution >= 4 is 15.9 Å². The summed E-state index contributed by atoms with van der Waals surface area (Å²) in [5, 5.41) is 2.80. The lowest BCUT2D eigenvalue weighted by atomic mass is 10.0. The van der Waals surface area contributed by atoms with Crippen LogP contribution in [0.25, 0.3) is 0 Å². The fourth-order valence-corrected chi connectivity index (χ4v) is 4.87. The number of nitrogens with zero attached hydrogens (tertiary/aromatic N) is 2. The second-order valence-electron chi connectivity index (χ2n) is 6.93. The van der Waals surface area contributed by atoms with Crippen LogP contribution in [0.4, 0.5) is 0 Å². The number of nitrogens with one attached hydrogen (secondary N) is 1. The molecule has 1 N–H and O–H groups in total. The molecule has 1 aliphatic rings. The Balaban J connectivity index is 1.51. The van der Waals surface area contributed by atoms with Gasteiger partial charge >= 0.3 is 0 Å². The third kappa shape index (κ3) is 4.21. The van der Waals surface area contributed by atoms with E-state index in [-0.39, 0.29) is 10.8 Å². The van der Waals surface area contributed by atoms with Gasteiger partial charge in [-0.25, -0.2) is 8.42 Å². The van der Waals surface area contributed by atoms with E-state index in [1.54, 1.807) is 30.6 Å². The van der Waals surface area contributed by atoms with Gasteiger partial charge in [0, 0.05) is 37.6 Å². The summed E-state index contributed by atoms with van der Waals surface area (Å²) >= 11 is 0. The number of fused-ring (bicyclic) bond motifs is 1. The minimum Gasteiger partial charge on any atom is -0.348 e. The maximum Gasteiger partial charge on any atom is 0.251 e. The lowest BCUT2D eigenvalue weighted by molar-refractivity contribution is 0.0950. The highest BCUT2D eigenvalue weighted by molar-refractivity contribution is 7.89. The Morgan fingerprint density at radius 1 is 1.03 bits per heavy atom. The molecule has 0 radical (unpaired) electrons. The van der Waals surface area contributed by atoms with Gasteiger partial charge in [-0.3, -0.25) is 9.78 Å². The third-order valence-electron chi connectivity index (χ3n) is 5.01. The van der Waals surface area contributed by atoms with Gasteiger partial charge in [0.25, 0.3) is 5.91 Å². The summed E-state index contributed by atoms with van der Waals surface area (Å²) in [4.78, 5) is 16.6. The van der Waals surface area contributed by atoms with Crippen molar-refractivity contribution in [2.45, 2.75) is 24.4 Å². The van der Waals surface area contributed by atoms with Crippen LogP contribution in [-0.2, 0) is 29.5 Å². The van der Waals surface area contributed by atoms with Crippen LogP contribution in [0, 0.1) is 0 Å². The van der Waals surface area contributed by atoms with Crippen molar-refractivity contribution < 1.29 is 13.2 Å². The zero-order valence-corrected chi connectivity index (χ0v) is 16.6. The second-order valence-corrected chi connectivity index (χ2v) is 8.87. The van der Waals surface area contributed by atoms with Crippen LogP contribution in [0.2, 0.25) is 0 Å². The Morgan fingerprint density at radius 2 is 1.86 bits per heavy atom. The van der Waals surface area contributed by atoms with E-state index >= 15 is 0 Å². The first-order valence-electron chi connectivity index (χ1n) is 9.38. The molecule has 1 amide bonds. The van der Waals surface area contributed by atoms with E-state index in [9.17, 15) is 13.2 Å². The fourth-order valence-electron chi connectivity index (χ4n) is 3.41. The SMILES string of the molecule is O=C(NCc1cccnc1)c1cccc(S(=O)(=O)N2CCc3ccccc3C2)c1. The van der Waals surface area contributed by atoms with E-state index in [1.807, 2.05) is 30.3 Å². The number of rotatable bonds is 5. The Bertz CT molecular complexity index is 1130. The number of pyridine rings is 1. The van der Waals surface area contributed by atoms with Crippen LogP contribution in [0.5, 0.6) is 0 Å². The molecule has 0 spiro atoms. The summed E-state index contributed by atoms with van der Waals surface area (Å²) in [6, 6.07) is 17.7. The molecule has 0 unspecified atom stereocenters. The molecule has 0 saturated carbocycles. The monoisotopic (exact) mass is 407 g/mol. The van der Waals surface area contributed by atoms with Gasteiger partial charge in [0.15, 0.2) is 0 Å². The Morgan fingerprint density at radius 3 is 2.66 bits per heavy atom. The van der Waals surface area contributed by atoms with Crippen LogP contribution < -0.4 is 5.32 Å². The molecular formula is C22H21N3O3S. The average Bonchev–Trinajstić information content (AvgIpc) is 2.78. The van der Waals surface area contributed by atoms with E-state index in [4.69, 9.17) is 0 Å². The quantitative estimate of drug-likeness (QED) is 0.705. The standard InChI is InChI=1S/C22H21N3O3S/c26-22(24-15-17-5-4-11-23-14-17)19-8-3-9-21(13-19)29(27,28)25-12-10-18-6-1-2-7-20(18)16-25/h1-9,11,13-14H,10,12,15-16H2,(H,24,26). The first-order chi connectivity index (χ1) is 14.0. The molecule has 7 heteroatoms. The highest BCUT2D eigenvalue weighted by Crippen LogP contribution is 2.25. The van der Waals surface area contributed by atoms with E-state index in [0.29, 0.717) is 31.6 Å². The summed E-state index contributed by atoms with van der Waals surface area (Å²) in [6.45, 7) is 1.10. The van der Waals surface area contributed by atoms with Crippen molar-refractivity contribution in [1.29, 1.82) is 0 Å². The summed E-state index contributed by atoms with van der Waals surface area (Å²) in [5.74, 6) is -0.324. The molecule has 0 fully saturated rings. The van der Waals surface area contributed by atoms with Crippen LogP contribution in [0.3, 0.4) is 0 Å². The minimum atomic E-state index is -3.68. The van der Waals surface area contributed by atoms with Gasteiger partial charge in [0.2, 0.25) is 10.0 Å². The zero-order valence-electron chi connectivity index (χ0n) is 15.8. The summed E-state index contributed by atoms with van der Waals surface area (Å²) < 4.78 is 27.7. The van der Waals surface area contributed by atoms with E-state index in [0.717, 1.165) is 11.1 Å². The third-order valence-corrected chi connectivity index (χ3v) is 6.85. The average molecular weight is 407 g/mol. The van der Waals surface area contributed by atoms with Gasteiger partial charge in [0.1, 0.15) is 0 Å². The highest BCUT2D eigenvalue weighted by atomic mass is 32.2. The molecule has 0 atom stereocenters. The molecule has 3 aromatic rings. The molecule has 2 heterocycles. The van der Waals surface area contributed by atoms with E-state index in [1.165, 1.54) is 22.0 Å². The Labute approximate surface area is 170 Å². The molecule has 1 aromatic heterocycles. The zero-order chi connectivity index (χ0) is 20.3. The molecule has 4 rings (SSSR count).